The highest BCUT2D eigenvalue weighted by molar-refractivity contribution is 5.66. The number of rotatable bonds is 4. The van der Waals surface area contributed by atoms with Crippen molar-refractivity contribution in [1.29, 1.82) is 0 Å². The first-order valence-electron chi connectivity index (χ1n) is 4.86. The normalized spacial score (nSPS) is 11.9. The molecule has 0 saturated carbocycles. The summed E-state index contributed by atoms with van der Waals surface area (Å²) in [4.78, 5) is 10.8. The molecule has 1 aromatic carbocycles. The van der Waals surface area contributed by atoms with Gasteiger partial charge in [-0.3, -0.25) is 5.43 Å². The van der Waals surface area contributed by atoms with E-state index in [0.717, 1.165) is 6.42 Å². The van der Waals surface area contributed by atoms with Crippen molar-refractivity contribution in [2.45, 2.75) is 19.4 Å². The zero-order chi connectivity index (χ0) is 11.1. The average molecular weight is 208 g/mol. The van der Waals surface area contributed by atoms with E-state index in [9.17, 15) is 4.79 Å². The largest absolute Gasteiger partial charge is 0.452 e. The van der Waals surface area contributed by atoms with Gasteiger partial charge in [0.1, 0.15) is 0 Å². The molecule has 1 aromatic rings. The summed E-state index contributed by atoms with van der Waals surface area (Å²) < 4.78 is 4.44. The van der Waals surface area contributed by atoms with Crippen molar-refractivity contribution in [3.63, 3.8) is 0 Å². The highest BCUT2D eigenvalue weighted by atomic mass is 16.5. The molecule has 0 spiro atoms. The van der Waals surface area contributed by atoms with Crippen molar-refractivity contribution >= 4 is 6.09 Å². The summed E-state index contributed by atoms with van der Waals surface area (Å²) in [6.07, 6.45) is 0.375. The van der Waals surface area contributed by atoms with Gasteiger partial charge in [0.25, 0.3) is 0 Å². The first-order chi connectivity index (χ1) is 7.22. The Morgan fingerprint density at radius 2 is 2.07 bits per heavy atom. The lowest BCUT2D eigenvalue weighted by Gasteiger charge is -2.13. The molecule has 2 N–H and O–H groups in total. The Balaban J connectivity index is 2.30. The van der Waals surface area contributed by atoms with Crippen LogP contribution < -0.4 is 10.9 Å². The van der Waals surface area contributed by atoms with E-state index in [1.54, 1.807) is 0 Å². The van der Waals surface area contributed by atoms with Crippen LogP contribution in [0.5, 0.6) is 0 Å². The molecular formula is C11H16N2O2. The number of nitrogens with one attached hydrogen (secondary N) is 2. The van der Waals surface area contributed by atoms with E-state index >= 15 is 0 Å². The quantitative estimate of drug-likeness (QED) is 0.737. The van der Waals surface area contributed by atoms with Crippen LogP contribution in [0.4, 0.5) is 4.79 Å². The van der Waals surface area contributed by atoms with Gasteiger partial charge in [-0.2, -0.15) is 0 Å². The summed E-state index contributed by atoms with van der Waals surface area (Å²) in [5.41, 5.74) is 6.52. The molecule has 1 unspecified atom stereocenters. The van der Waals surface area contributed by atoms with E-state index in [0.29, 0.717) is 0 Å². The highest BCUT2D eigenvalue weighted by Crippen LogP contribution is 2.01. The van der Waals surface area contributed by atoms with Crippen LogP contribution in [0.25, 0.3) is 0 Å². The SMILES string of the molecule is COC(=O)NNC(C)Cc1ccccc1. The standard InChI is InChI=1S/C11H16N2O2/c1-9(12-13-11(14)15-2)8-10-6-4-3-5-7-10/h3-7,9,12H,8H2,1-2H3,(H,13,14). The van der Waals surface area contributed by atoms with E-state index in [-0.39, 0.29) is 6.04 Å². The van der Waals surface area contributed by atoms with Gasteiger partial charge in [-0.25, -0.2) is 10.2 Å². The van der Waals surface area contributed by atoms with E-state index in [2.05, 4.69) is 27.7 Å². The van der Waals surface area contributed by atoms with Gasteiger partial charge < -0.3 is 4.74 Å². The van der Waals surface area contributed by atoms with Crippen molar-refractivity contribution < 1.29 is 9.53 Å². The van der Waals surface area contributed by atoms with Gasteiger partial charge in [-0.15, -0.1) is 0 Å². The molecule has 82 valence electrons. The molecule has 0 aliphatic rings. The van der Waals surface area contributed by atoms with Gasteiger partial charge in [-0.05, 0) is 18.9 Å². The van der Waals surface area contributed by atoms with Crippen LogP contribution >= 0.6 is 0 Å². The van der Waals surface area contributed by atoms with Crippen LogP contribution in [0, 0.1) is 0 Å². The number of hydrogen-bond donors (Lipinski definition) is 2. The lowest BCUT2D eigenvalue weighted by atomic mass is 10.1. The molecule has 1 rings (SSSR count). The van der Waals surface area contributed by atoms with Crippen molar-refractivity contribution in [2.24, 2.45) is 0 Å². The molecule has 0 saturated heterocycles. The third-order valence-electron chi connectivity index (χ3n) is 1.99. The van der Waals surface area contributed by atoms with Gasteiger partial charge in [-0.1, -0.05) is 30.3 Å². The fourth-order valence-electron chi connectivity index (χ4n) is 1.25. The van der Waals surface area contributed by atoms with Crippen LogP contribution in [0.15, 0.2) is 30.3 Å². The van der Waals surface area contributed by atoms with Gasteiger partial charge in [0.05, 0.1) is 7.11 Å². The Hall–Kier alpha value is -1.55. The topological polar surface area (TPSA) is 50.4 Å². The van der Waals surface area contributed by atoms with Gasteiger partial charge in [0.2, 0.25) is 0 Å². The van der Waals surface area contributed by atoms with Crippen LogP contribution in [-0.4, -0.2) is 19.2 Å². The second-order valence-corrected chi connectivity index (χ2v) is 3.35. The molecule has 1 amide bonds. The summed E-state index contributed by atoms with van der Waals surface area (Å²) in [6, 6.07) is 10.2. The van der Waals surface area contributed by atoms with Crippen LogP contribution in [-0.2, 0) is 11.2 Å². The molecule has 0 radical (unpaired) electrons. The predicted octanol–water partition coefficient (Wildman–Crippen LogP) is 1.48. The number of methoxy groups -OCH3 is 1. The maximum absolute atomic E-state index is 10.8. The van der Waals surface area contributed by atoms with Crippen molar-refractivity contribution in [3.8, 4) is 0 Å². The Morgan fingerprint density at radius 3 is 2.67 bits per heavy atom. The molecule has 15 heavy (non-hydrogen) atoms. The molecular weight excluding hydrogens is 192 g/mol. The fraction of sp³-hybridized carbons (Fsp3) is 0.364. The van der Waals surface area contributed by atoms with Crippen molar-refractivity contribution in [2.75, 3.05) is 7.11 Å². The van der Waals surface area contributed by atoms with Crippen molar-refractivity contribution in [3.05, 3.63) is 35.9 Å². The average Bonchev–Trinajstić information content (AvgIpc) is 2.27. The summed E-state index contributed by atoms with van der Waals surface area (Å²) in [5.74, 6) is 0. The zero-order valence-electron chi connectivity index (χ0n) is 8.99. The predicted molar refractivity (Wildman–Crippen MR) is 58.3 cm³/mol. The summed E-state index contributed by atoms with van der Waals surface area (Å²) in [5, 5.41) is 0. The second kappa shape index (κ2) is 6.03. The van der Waals surface area contributed by atoms with Gasteiger partial charge in [0.15, 0.2) is 0 Å². The number of amides is 1. The van der Waals surface area contributed by atoms with Gasteiger partial charge in [0, 0.05) is 6.04 Å². The first kappa shape index (κ1) is 11.5. The smallest absolute Gasteiger partial charge is 0.421 e. The van der Waals surface area contributed by atoms with E-state index in [4.69, 9.17) is 0 Å². The fourth-order valence-corrected chi connectivity index (χ4v) is 1.25. The Labute approximate surface area is 89.6 Å². The lowest BCUT2D eigenvalue weighted by molar-refractivity contribution is 0.163. The molecule has 4 heteroatoms. The van der Waals surface area contributed by atoms with Crippen molar-refractivity contribution in [1.82, 2.24) is 10.9 Å². The zero-order valence-corrected chi connectivity index (χ0v) is 8.99. The Kier molecular flexibility index (Phi) is 4.63. The minimum absolute atomic E-state index is 0.159. The van der Waals surface area contributed by atoms with E-state index in [1.807, 2.05) is 25.1 Å². The molecule has 0 bridgehead atoms. The first-order valence-corrected chi connectivity index (χ1v) is 4.86. The third kappa shape index (κ3) is 4.46. The Bertz CT molecular complexity index is 301. The number of carbonyl (C=O) groups excluding carboxylic acids is 1. The lowest BCUT2D eigenvalue weighted by Crippen LogP contribution is -2.43. The number of hydrogen-bond acceptors (Lipinski definition) is 3. The van der Waals surface area contributed by atoms with Crippen LogP contribution in [0.3, 0.4) is 0 Å². The molecule has 0 aromatic heterocycles. The minimum atomic E-state index is -0.477. The third-order valence-corrected chi connectivity index (χ3v) is 1.99. The maximum Gasteiger partial charge on any atom is 0.421 e. The van der Waals surface area contributed by atoms with E-state index < -0.39 is 6.09 Å². The van der Waals surface area contributed by atoms with Crippen LogP contribution in [0.1, 0.15) is 12.5 Å². The minimum Gasteiger partial charge on any atom is -0.452 e. The van der Waals surface area contributed by atoms with E-state index in [1.165, 1.54) is 12.7 Å². The molecule has 0 aliphatic heterocycles. The molecule has 0 aliphatic carbocycles. The molecule has 0 fully saturated rings. The number of benzene rings is 1. The molecule has 1 atom stereocenters. The highest BCUT2D eigenvalue weighted by Gasteiger charge is 2.04. The van der Waals surface area contributed by atoms with Crippen LogP contribution in [0.2, 0.25) is 0 Å². The summed E-state index contributed by atoms with van der Waals surface area (Å²) in [6.45, 7) is 1.99. The monoisotopic (exact) mass is 208 g/mol. The number of ether oxygens (including phenoxy) is 1. The number of carbonyl (C=O) groups is 1. The maximum atomic E-state index is 10.8. The molecule has 4 nitrogen and oxygen atoms in total. The Morgan fingerprint density at radius 1 is 1.40 bits per heavy atom. The second-order valence-electron chi connectivity index (χ2n) is 3.35. The molecule has 0 heterocycles. The van der Waals surface area contributed by atoms with Gasteiger partial charge >= 0.3 is 6.09 Å². The summed E-state index contributed by atoms with van der Waals surface area (Å²) in [7, 11) is 1.33. The summed E-state index contributed by atoms with van der Waals surface area (Å²) >= 11 is 0. The number of hydrazine groups is 1.